The van der Waals surface area contributed by atoms with E-state index in [2.05, 4.69) is 11.9 Å². The number of carbonyl (C=O) groups is 1. The number of ether oxygens (including phenoxy) is 2. The lowest BCUT2D eigenvalue weighted by atomic mass is 10.1. The van der Waals surface area contributed by atoms with Gasteiger partial charge in [-0.1, -0.05) is 0 Å². The highest BCUT2D eigenvalue weighted by atomic mass is 16.6. The number of carbonyl (C=O) groups excluding carboxylic acids is 1. The highest BCUT2D eigenvalue weighted by Crippen LogP contribution is 2.14. The van der Waals surface area contributed by atoms with E-state index in [1.54, 1.807) is 0 Å². The van der Waals surface area contributed by atoms with Crippen molar-refractivity contribution in [3.63, 3.8) is 0 Å². The number of esters is 1. The van der Waals surface area contributed by atoms with Crippen LogP contribution in [0.5, 0.6) is 0 Å². The van der Waals surface area contributed by atoms with Crippen LogP contribution in [0.3, 0.4) is 0 Å². The minimum Gasteiger partial charge on any atom is -0.460 e. The third-order valence-corrected chi connectivity index (χ3v) is 2.90. The Morgan fingerprint density at radius 1 is 1.35 bits per heavy atom. The summed E-state index contributed by atoms with van der Waals surface area (Å²) in [5.74, 6) is -0.114. The van der Waals surface area contributed by atoms with Crippen molar-refractivity contribution in [2.24, 2.45) is 0 Å². The molecule has 0 aromatic carbocycles. The molecule has 0 aliphatic carbocycles. The zero-order chi connectivity index (χ0) is 12.9. The summed E-state index contributed by atoms with van der Waals surface area (Å²) in [6.45, 7) is 8.12. The molecule has 0 spiro atoms. The summed E-state index contributed by atoms with van der Waals surface area (Å²) in [4.78, 5) is 13.8. The van der Waals surface area contributed by atoms with Crippen LogP contribution < -0.4 is 0 Å². The van der Waals surface area contributed by atoms with Crippen molar-refractivity contribution < 1.29 is 14.3 Å². The van der Waals surface area contributed by atoms with Crippen LogP contribution in [0.15, 0.2) is 0 Å². The fourth-order valence-corrected chi connectivity index (χ4v) is 1.97. The normalized spacial score (nSPS) is 18.4. The third-order valence-electron chi connectivity index (χ3n) is 2.90. The van der Waals surface area contributed by atoms with Crippen LogP contribution in [0.25, 0.3) is 0 Å². The Kier molecular flexibility index (Phi) is 5.40. The van der Waals surface area contributed by atoms with Crippen molar-refractivity contribution in [2.75, 3.05) is 26.8 Å². The van der Waals surface area contributed by atoms with E-state index in [0.29, 0.717) is 12.5 Å². The first-order chi connectivity index (χ1) is 7.88. The van der Waals surface area contributed by atoms with Crippen LogP contribution in [-0.2, 0) is 14.3 Å². The standard InChI is InChI=1S/C13H25NO3/c1-13(2,3)17-12(15)5-8-14(4)11-6-9-16-10-7-11/h11H,5-10H2,1-4H3. The summed E-state index contributed by atoms with van der Waals surface area (Å²) < 4.78 is 10.6. The first kappa shape index (κ1) is 14.5. The van der Waals surface area contributed by atoms with E-state index >= 15 is 0 Å². The van der Waals surface area contributed by atoms with Gasteiger partial charge < -0.3 is 14.4 Å². The van der Waals surface area contributed by atoms with Gasteiger partial charge >= 0.3 is 5.97 Å². The van der Waals surface area contributed by atoms with Gasteiger partial charge in [-0.2, -0.15) is 0 Å². The van der Waals surface area contributed by atoms with Crippen LogP contribution in [0.1, 0.15) is 40.0 Å². The van der Waals surface area contributed by atoms with Crippen LogP contribution in [0.4, 0.5) is 0 Å². The average Bonchev–Trinajstić information content (AvgIpc) is 2.25. The summed E-state index contributed by atoms with van der Waals surface area (Å²) in [7, 11) is 2.07. The topological polar surface area (TPSA) is 38.8 Å². The van der Waals surface area contributed by atoms with Gasteiger partial charge in [-0.25, -0.2) is 0 Å². The van der Waals surface area contributed by atoms with Gasteiger partial charge in [0.25, 0.3) is 0 Å². The van der Waals surface area contributed by atoms with Gasteiger partial charge in [0.2, 0.25) is 0 Å². The molecule has 1 saturated heterocycles. The van der Waals surface area contributed by atoms with E-state index in [0.717, 1.165) is 32.6 Å². The predicted molar refractivity (Wildman–Crippen MR) is 66.9 cm³/mol. The lowest BCUT2D eigenvalue weighted by molar-refractivity contribution is -0.155. The molecule has 0 aromatic rings. The number of rotatable bonds is 4. The summed E-state index contributed by atoms with van der Waals surface area (Å²) in [6.07, 6.45) is 2.58. The minimum atomic E-state index is -0.381. The molecule has 1 aliphatic heterocycles. The molecule has 0 atom stereocenters. The van der Waals surface area contributed by atoms with Gasteiger partial charge in [-0.15, -0.1) is 0 Å². The number of nitrogens with zero attached hydrogens (tertiary/aromatic N) is 1. The molecule has 1 rings (SSSR count). The molecular weight excluding hydrogens is 218 g/mol. The molecule has 1 fully saturated rings. The van der Waals surface area contributed by atoms with Crippen molar-refractivity contribution in [1.82, 2.24) is 4.90 Å². The molecule has 0 bridgehead atoms. The number of hydrogen-bond donors (Lipinski definition) is 0. The maximum Gasteiger partial charge on any atom is 0.307 e. The second-order valence-corrected chi connectivity index (χ2v) is 5.66. The molecule has 100 valence electrons. The first-order valence-corrected chi connectivity index (χ1v) is 6.38. The van der Waals surface area contributed by atoms with Crippen LogP contribution in [-0.4, -0.2) is 49.3 Å². The van der Waals surface area contributed by atoms with Gasteiger partial charge in [-0.3, -0.25) is 4.79 Å². The van der Waals surface area contributed by atoms with Gasteiger partial charge in [-0.05, 0) is 40.7 Å². The van der Waals surface area contributed by atoms with Crippen LogP contribution in [0.2, 0.25) is 0 Å². The molecule has 4 nitrogen and oxygen atoms in total. The van der Waals surface area contributed by atoms with Gasteiger partial charge in [0.15, 0.2) is 0 Å². The number of hydrogen-bond acceptors (Lipinski definition) is 4. The fourth-order valence-electron chi connectivity index (χ4n) is 1.97. The summed E-state index contributed by atoms with van der Waals surface area (Å²) in [5.41, 5.74) is -0.381. The van der Waals surface area contributed by atoms with Crippen molar-refractivity contribution in [3.8, 4) is 0 Å². The summed E-state index contributed by atoms with van der Waals surface area (Å²) >= 11 is 0. The van der Waals surface area contributed by atoms with Crippen LogP contribution in [0, 0.1) is 0 Å². The first-order valence-electron chi connectivity index (χ1n) is 6.38. The Balaban J connectivity index is 2.22. The molecule has 17 heavy (non-hydrogen) atoms. The van der Waals surface area contributed by atoms with Crippen molar-refractivity contribution in [2.45, 2.75) is 51.7 Å². The second kappa shape index (κ2) is 6.36. The predicted octanol–water partition coefficient (Wildman–Crippen LogP) is 1.83. The quantitative estimate of drug-likeness (QED) is 0.706. The van der Waals surface area contributed by atoms with E-state index in [1.165, 1.54) is 0 Å². The molecule has 0 aromatic heterocycles. The minimum absolute atomic E-state index is 0.114. The monoisotopic (exact) mass is 243 g/mol. The fraction of sp³-hybridized carbons (Fsp3) is 0.923. The molecule has 4 heteroatoms. The van der Waals surface area contributed by atoms with E-state index < -0.39 is 0 Å². The lowest BCUT2D eigenvalue weighted by Gasteiger charge is -2.31. The summed E-state index contributed by atoms with van der Waals surface area (Å²) in [6, 6.07) is 0.547. The summed E-state index contributed by atoms with van der Waals surface area (Å²) in [5, 5.41) is 0. The molecule has 1 heterocycles. The largest absolute Gasteiger partial charge is 0.460 e. The molecule has 1 aliphatic rings. The van der Waals surface area contributed by atoms with Gasteiger partial charge in [0.1, 0.15) is 5.60 Å². The highest BCUT2D eigenvalue weighted by Gasteiger charge is 2.20. The zero-order valence-electron chi connectivity index (χ0n) is 11.5. The second-order valence-electron chi connectivity index (χ2n) is 5.66. The highest BCUT2D eigenvalue weighted by molar-refractivity contribution is 5.70. The smallest absolute Gasteiger partial charge is 0.307 e. The molecule has 0 amide bonds. The van der Waals surface area contributed by atoms with E-state index in [4.69, 9.17) is 9.47 Å². The SMILES string of the molecule is CN(CCC(=O)OC(C)(C)C)C1CCOCC1. The van der Waals surface area contributed by atoms with Crippen molar-refractivity contribution in [3.05, 3.63) is 0 Å². The molecule has 0 N–H and O–H groups in total. The maximum absolute atomic E-state index is 11.6. The Hall–Kier alpha value is -0.610. The maximum atomic E-state index is 11.6. The van der Waals surface area contributed by atoms with Crippen molar-refractivity contribution >= 4 is 5.97 Å². The van der Waals surface area contributed by atoms with E-state index in [9.17, 15) is 4.79 Å². The Bertz CT molecular complexity index is 242. The zero-order valence-corrected chi connectivity index (χ0v) is 11.5. The molecular formula is C13H25NO3. The van der Waals surface area contributed by atoms with Gasteiger partial charge in [0.05, 0.1) is 6.42 Å². The average molecular weight is 243 g/mol. The van der Waals surface area contributed by atoms with Gasteiger partial charge in [0, 0.05) is 25.8 Å². The molecule has 0 unspecified atom stereocenters. The van der Waals surface area contributed by atoms with Crippen LogP contribution >= 0.6 is 0 Å². The Morgan fingerprint density at radius 3 is 2.47 bits per heavy atom. The van der Waals surface area contributed by atoms with E-state index in [1.807, 2.05) is 20.8 Å². The molecule has 0 saturated carbocycles. The Morgan fingerprint density at radius 2 is 1.94 bits per heavy atom. The van der Waals surface area contributed by atoms with E-state index in [-0.39, 0.29) is 11.6 Å². The van der Waals surface area contributed by atoms with Crippen molar-refractivity contribution in [1.29, 1.82) is 0 Å². The molecule has 0 radical (unpaired) electrons. The Labute approximate surface area is 104 Å². The third kappa shape index (κ3) is 6.03. The lowest BCUT2D eigenvalue weighted by Crippen LogP contribution is -2.38.